The summed E-state index contributed by atoms with van der Waals surface area (Å²) in [6.45, 7) is 2.08. The van der Waals surface area contributed by atoms with Gasteiger partial charge in [0.05, 0.1) is 0 Å². The molecule has 0 aromatic heterocycles. The Bertz CT molecular complexity index is 196. The summed E-state index contributed by atoms with van der Waals surface area (Å²) >= 11 is 0. The highest BCUT2D eigenvalue weighted by Crippen LogP contribution is 2.37. The zero-order valence-corrected chi connectivity index (χ0v) is 8.80. The molecule has 0 rings (SSSR count). The first kappa shape index (κ1) is 12.8. The average Bonchev–Trinajstić information content (AvgIpc) is 2.02. The maximum Gasteiger partial charge on any atom is 0.391 e. The van der Waals surface area contributed by atoms with Crippen molar-refractivity contribution in [2.24, 2.45) is 0 Å². The lowest BCUT2D eigenvalue weighted by atomic mass is 10.1. The highest BCUT2D eigenvalue weighted by molar-refractivity contribution is 7.70. The zero-order chi connectivity index (χ0) is 10.3. The molecular formula is C8H17O4P. The second-order valence-electron chi connectivity index (χ2n) is 3.10. The van der Waals surface area contributed by atoms with Crippen LogP contribution in [0.3, 0.4) is 0 Å². The Labute approximate surface area is 78.5 Å². The molecule has 0 aliphatic carbocycles. The van der Waals surface area contributed by atoms with E-state index in [-0.39, 0.29) is 6.42 Å². The van der Waals surface area contributed by atoms with Crippen molar-refractivity contribution in [3.05, 3.63) is 0 Å². The predicted molar refractivity (Wildman–Crippen MR) is 50.4 cm³/mol. The third-order valence-electron chi connectivity index (χ3n) is 1.82. The molecule has 0 aliphatic rings. The highest BCUT2D eigenvalue weighted by Gasteiger charge is 2.23. The maximum absolute atomic E-state index is 10.7. The zero-order valence-electron chi connectivity index (χ0n) is 7.90. The Balaban J connectivity index is 3.44. The summed E-state index contributed by atoms with van der Waals surface area (Å²) in [7, 11) is -4.45. The second kappa shape index (κ2) is 6.30. The number of carbonyl (C=O) groups excluding carboxylic acids is 1. The third-order valence-corrected chi connectivity index (χ3v) is 2.69. The summed E-state index contributed by atoms with van der Waals surface area (Å²) in [5, 5.41) is 0. The standard InChI is InChI=1S/C8H17O4P/c1-2-3-4-5-6-7-8(9)13(10,11)12/h2-7H2,1H3,(H2,10,11,12). The van der Waals surface area contributed by atoms with Gasteiger partial charge < -0.3 is 9.79 Å². The van der Waals surface area contributed by atoms with Gasteiger partial charge in [-0.3, -0.25) is 9.36 Å². The van der Waals surface area contributed by atoms with Gasteiger partial charge in [-0.25, -0.2) is 0 Å². The molecule has 0 heterocycles. The van der Waals surface area contributed by atoms with Crippen LogP contribution in [0.4, 0.5) is 0 Å². The van der Waals surface area contributed by atoms with E-state index in [1.807, 2.05) is 0 Å². The molecule has 0 amide bonds. The van der Waals surface area contributed by atoms with Crippen molar-refractivity contribution < 1.29 is 19.1 Å². The van der Waals surface area contributed by atoms with Crippen LogP contribution in [0.15, 0.2) is 0 Å². The van der Waals surface area contributed by atoms with Crippen molar-refractivity contribution in [1.82, 2.24) is 0 Å². The van der Waals surface area contributed by atoms with Crippen LogP contribution in [0, 0.1) is 0 Å². The van der Waals surface area contributed by atoms with Gasteiger partial charge in [0.2, 0.25) is 5.52 Å². The largest absolute Gasteiger partial charge is 0.391 e. The molecule has 0 spiro atoms. The summed E-state index contributed by atoms with van der Waals surface area (Å²) in [4.78, 5) is 27.6. The van der Waals surface area contributed by atoms with Crippen LogP contribution in [-0.4, -0.2) is 15.3 Å². The minimum Gasteiger partial charge on any atom is -0.319 e. The van der Waals surface area contributed by atoms with Crippen LogP contribution < -0.4 is 0 Å². The molecule has 4 nitrogen and oxygen atoms in total. The molecular weight excluding hydrogens is 191 g/mol. The van der Waals surface area contributed by atoms with Crippen molar-refractivity contribution >= 4 is 13.1 Å². The van der Waals surface area contributed by atoms with Crippen LogP contribution in [-0.2, 0) is 9.36 Å². The monoisotopic (exact) mass is 208 g/mol. The van der Waals surface area contributed by atoms with Crippen molar-refractivity contribution in [1.29, 1.82) is 0 Å². The van der Waals surface area contributed by atoms with Gasteiger partial charge in [0.15, 0.2) is 0 Å². The van der Waals surface area contributed by atoms with Crippen LogP contribution >= 0.6 is 7.60 Å². The smallest absolute Gasteiger partial charge is 0.319 e. The van der Waals surface area contributed by atoms with Crippen LogP contribution in [0.25, 0.3) is 0 Å². The fourth-order valence-corrected chi connectivity index (χ4v) is 1.47. The molecule has 0 aliphatic heterocycles. The number of unbranched alkanes of at least 4 members (excludes halogenated alkanes) is 4. The summed E-state index contributed by atoms with van der Waals surface area (Å²) in [6, 6.07) is 0. The van der Waals surface area contributed by atoms with Gasteiger partial charge in [-0.05, 0) is 6.42 Å². The fraction of sp³-hybridized carbons (Fsp3) is 0.875. The molecule has 0 unspecified atom stereocenters. The van der Waals surface area contributed by atoms with E-state index in [0.29, 0.717) is 6.42 Å². The summed E-state index contributed by atoms with van der Waals surface area (Å²) in [5.74, 6) is 0. The van der Waals surface area contributed by atoms with Gasteiger partial charge in [0.25, 0.3) is 0 Å². The molecule has 0 radical (unpaired) electrons. The lowest BCUT2D eigenvalue weighted by Crippen LogP contribution is -1.98. The molecule has 13 heavy (non-hydrogen) atoms. The van der Waals surface area contributed by atoms with Crippen LogP contribution in [0.1, 0.15) is 45.4 Å². The van der Waals surface area contributed by atoms with E-state index in [9.17, 15) is 9.36 Å². The summed E-state index contributed by atoms with van der Waals surface area (Å²) < 4.78 is 10.4. The normalized spacial score (nSPS) is 11.6. The molecule has 0 saturated heterocycles. The van der Waals surface area contributed by atoms with E-state index < -0.39 is 13.1 Å². The van der Waals surface area contributed by atoms with E-state index >= 15 is 0 Å². The lowest BCUT2D eigenvalue weighted by molar-refractivity contribution is -0.113. The molecule has 2 N–H and O–H groups in total. The quantitative estimate of drug-likeness (QED) is 0.496. The minimum atomic E-state index is -4.45. The second-order valence-corrected chi connectivity index (χ2v) is 4.69. The molecule has 0 atom stereocenters. The number of rotatable bonds is 7. The minimum absolute atomic E-state index is 0.00793. The Morgan fingerprint density at radius 3 is 2.15 bits per heavy atom. The van der Waals surface area contributed by atoms with E-state index in [1.54, 1.807) is 0 Å². The van der Waals surface area contributed by atoms with E-state index in [1.165, 1.54) is 0 Å². The van der Waals surface area contributed by atoms with Crippen molar-refractivity contribution in [2.45, 2.75) is 45.4 Å². The Hall–Kier alpha value is -0.180. The average molecular weight is 208 g/mol. The van der Waals surface area contributed by atoms with E-state index in [2.05, 4.69) is 6.92 Å². The first-order valence-electron chi connectivity index (χ1n) is 4.57. The maximum atomic E-state index is 10.7. The molecule has 0 aromatic carbocycles. The Morgan fingerprint density at radius 2 is 1.69 bits per heavy atom. The number of hydrogen-bond acceptors (Lipinski definition) is 2. The molecule has 78 valence electrons. The van der Waals surface area contributed by atoms with Crippen molar-refractivity contribution in [3.8, 4) is 0 Å². The van der Waals surface area contributed by atoms with Gasteiger partial charge in [-0.1, -0.05) is 32.6 Å². The SMILES string of the molecule is CCCCCCCC(=O)P(=O)(O)O. The fourth-order valence-electron chi connectivity index (χ4n) is 1.03. The Morgan fingerprint density at radius 1 is 1.15 bits per heavy atom. The highest BCUT2D eigenvalue weighted by atomic mass is 31.2. The Kier molecular flexibility index (Phi) is 6.21. The van der Waals surface area contributed by atoms with Crippen molar-refractivity contribution in [3.63, 3.8) is 0 Å². The third kappa shape index (κ3) is 6.94. The van der Waals surface area contributed by atoms with Gasteiger partial charge in [0, 0.05) is 6.42 Å². The number of hydrogen-bond donors (Lipinski definition) is 2. The van der Waals surface area contributed by atoms with Gasteiger partial charge in [-0.15, -0.1) is 0 Å². The predicted octanol–water partition coefficient (Wildman–Crippen LogP) is 2.05. The van der Waals surface area contributed by atoms with Gasteiger partial charge >= 0.3 is 7.60 Å². The van der Waals surface area contributed by atoms with E-state index in [0.717, 1.165) is 25.7 Å². The summed E-state index contributed by atoms with van der Waals surface area (Å²) in [5.41, 5.74) is -0.927. The lowest BCUT2D eigenvalue weighted by Gasteiger charge is -2.01. The molecule has 0 saturated carbocycles. The topological polar surface area (TPSA) is 74.6 Å². The first-order chi connectivity index (χ1) is 5.98. The molecule has 0 bridgehead atoms. The van der Waals surface area contributed by atoms with E-state index in [4.69, 9.17) is 9.79 Å². The molecule has 5 heteroatoms. The van der Waals surface area contributed by atoms with Crippen LogP contribution in [0.5, 0.6) is 0 Å². The molecule has 0 fully saturated rings. The van der Waals surface area contributed by atoms with Gasteiger partial charge in [-0.2, -0.15) is 0 Å². The summed E-state index contributed by atoms with van der Waals surface area (Å²) in [6.07, 6.45) is 4.74. The van der Waals surface area contributed by atoms with Crippen LogP contribution in [0.2, 0.25) is 0 Å². The molecule has 0 aromatic rings. The first-order valence-corrected chi connectivity index (χ1v) is 6.18. The number of carbonyl (C=O) groups is 1. The van der Waals surface area contributed by atoms with Gasteiger partial charge in [0.1, 0.15) is 0 Å². The van der Waals surface area contributed by atoms with Crippen molar-refractivity contribution in [2.75, 3.05) is 0 Å².